The van der Waals surface area contributed by atoms with Crippen LogP contribution in [0.25, 0.3) is 6.08 Å². The maximum absolute atomic E-state index is 12.6. The second-order valence-corrected chi connectivity index (χ2v) is 4.12. The summed E-state index contributed by atoms with van der Waals surface area (Å²) >= 11 is 0. The van der Waals surface area contributed by atoms with Gasteiger partial charge in [0, 0.05) is 6.54 Å². The topological polar surface area (TPSA) is 24.9 Å². The number of halogens is 1. The Morgan fingerprint density at radius 2 is 2.00 bits per heavy atom. The molecule has 1 heterocycles. The highest BCUT2D eigenvalue weighted by Crippen LogP contribution is 2.09. The molecule has 0 fully saturated rings. The second-order valence-electron chi connectivity index (χ2n) is 4.12. The van der Waals surface area contributed by atoms with E-state index >= 15 is 0 Å². The number of hydrogen-bond acceptors (Lipinski definition) is 2. The van der Waals surface area contributed by atoms with Gasteiger partial charge in [-0.3, -0.25) is 0 Å². The van der Waals surface area contributed by atoms with Crippen LogP contribution in [0.2, 0.25) is 0 Å². The summed E-state index contributed by atoms with van der Waals surface area (Å²) in [6.45, 7) is 2.76. The van der Waals surface area contributed by atoms with Crippen LogP contribution in [0, 0.1) is 5.95 Å². The van der Waals surface area contributed by atoms with Gasteiger partial charge in [0.15, 0.2) is 0 Å². The number of benzene rings is 1. The number of hydrogen-bond donors (Lipinski definition) is 1. The van der Waals surface area contributed by atoms with Crippen molar-refractivity contribution in [3.63, 3.8) is 0 Å². The fourth-order valence-corrected chi connectivity index (χ4v) is 1.61. The third kappa shape index (κ3) is 3.70. The van der Waals surface area contributed by atoms with E-state index in [1.165, 1.54) is 23.4 Å². The Morgan fingerprint density at radius 1 is 1.22 bits per heavy atom. The zero-order valence-electron chi connectivity index (χ0n) is 10.2. The lowest BCUT2D eigenvalue weighted by Gasteiger charge is -2.06. The van der Waals surface area contributed by atoms with Crippen LogP contribution < -0.4 is 5.32 Å². The SMILES string of the molecule is CC(=Cc1ccccc1)CNc1ccc(F)nc1. The van der Waals surface area contributed by atoms with Gasteiger partial charge in [-0.2, -0.15) is 4.39 Å². The minimum atomic E-state index is -0.461. The van der Waals surface area contributed by atoms with Crippen molar-refractivity contribution in [2.24, 2.45) is 0 Å². The average Bonchev–Trinajstić information content (AvgIpc) is 2.39. The summed E-state index contributed by atoms with van der Waals surface area (Å²) in [5.74, 6) is -0.461. The van der Waals surface area contributed by atoms with E-state index in [2.05, 4.69) is 35.4 Å². The molecule has 0 aliphatic rings. The van der Waals surface area contributed by atoms with E-state index in [1.54, 1.807) is 6.07 Å². The first-order valence-electron chi connectivity index (χ1n) is 5.82. The highest BCUT2D eigenvalue weighted by molar-refractivity contribution is 5.54. The van der Waals surface area contributed by atoms with Crippen molar-refractivity contribution < 1.29 is 4.39 Å². The number of rotatable bonds is 4. The Kier molecular flexibility index (Phi) is 4.07. The molecule has 18 heavy (non-hydrogen) atoms. The normalized spacial score (nSPS) is 11.3. The molecule has 0 aliphatic carbocycles. The maximum Gasteiger partial charge on any atom is 0.212 e. The minimum absolute atomic E-state index is 0.461. The van der Waals surface area contributed by atoms with Gasteiger partial charge in [0.1, 0.15) is 0 Å². The molecule has 2 nitrogen and oxygen atoms in total. The minimum Gasteiger partial charge on any atom is -0.380 e. The van der Waals surface area contributed by atoms with E-state index in [1.807, 2.05) is 18.2 Å². The van der Waals surface area contributed by atoms with Crippen molar-refractivity contribution >= 4 is 11.8 Å². The molecule has 92 valence electrons. The largest absolute Gasteiger partial charge is 0.380 e. The Bertz CT molecular complexity index is 518. The van der Waals surface area contributed by atoms with Crippen molar-refractivity contribution in [2.75, 3.05) is 11.9 Å². The Balaban J connectivity index is 1.94. The summed E-state index contributed by atoms with van der Waals surface area (Å²) in [7, 11) is 0. The maximum atomic E-state index is 12.6. The van der Waals surface area contributed by atoms with Crippen molar-refractivity contribution in [2.45, 2.75) is 6.92 Å². The fraction of sp³-hybridized carbons (Fsp3) is 0.133. The highest BCUT2D eigenvalue weighted by Gasteiger charge is 1.95. The molecule has 3 heteroatoms. The molecule has 0 radical (unpaired) electrons. The van der Waals surface area contributed by atoms with Crippen molar-refractivity contribution in [1.82, 2.24) is 4.98 Å². The molecular weight excluding hydrogens is 227 g/mol. The Labute approximate surface area is 106 Å². The summed E-state index contributed by atoms with van der Waals surface area (Å²) < 4.78 is 12.6. The number of aromatic nitrogens is 1. The molecule has 0 aliphatic heterocycles. The Morgan fingerprint density at radius 3 is 2.67 bits per heavy atom. The van der Waals surface area contributed by atoms with Gasteiger partial charge in [-0.25, -0.2) is 4.98 Å². The highest BCUT2D eigenvalue weighted by atomic mass is 19.1. The predicted molar refractivity (Wildman–Crippen MR) is 72.8 cm³/mol. The van der Waals surface area contributed by atoms with Crippen molar-refractivity contribution in [3.8, 4) is 0 Å². The quantitative estimate of drug-likeness (QED) is 0.826. The predicted octanol–water partition coefficient (Wildman–Crippen LogP) is 3.74. The molecule has 0 atom stereocenters. The van der Waals surface area contributed by atoms with Crippen LogP contribution in [0.5, 0.6) is 0 Å². The first-order valence-corrected chi connectivity index (χ1v) is 5.82. The molecule has 2 rings (SSSR count). The monoisotopic (exact) mass is 242 g/mol. The fourth-order valence-electron chi connectivity index (χ4n) is 1.61. The van der Waals surface area contributed by atoms with Gasteiger partial charge in [-0.1, -0.05) is 42.0 Å². The van der Waals surface area contributed by atoms with E-state index in [9.17, 15) is 4.39 Å². The van der Waals surface area contributed by atoms with E-state index in [4.69, 9.17) is 0 Å². The molecular formula is C15H15FN2. The molecule has 0 unspecified atom stereocenters. The molecule has 0 bridgehead atoms. The molecule has 0 amide bonds. The summed E-state index contributed by atoms with van der Waals surface area (Å²) in [6.07, 6.45) is 3.61. The summed E-state index contributed by atoms with van der Waals surface area (Å²) in [5, 5.41) is 3.19. The summed E-state index contributed by atoms with van der Waals surface area (Å²) in [4.78, 5) is 3.59. The third-order valence-corrected chi connectivity index (χ3v) is 2.51. The zero-order chi connectivity index (χ0) is 12.8. The van der Waals surface area contributed by atoms with E-state index in [0.717, 1.165) is 5.69 Å². The van der Waals surface area contributed by atoms with Crippen molar-refractivity contribution in [3.05, 3.63) is 65.7 Å². The van der Waals surface area contributed by atoms with Crippen LogP contribution in [0.3, 0.4) is 0 Å². The first-order chi connectivity index (χ1) is 8.74. The van der Waals surface area contributed by atoms with Crippen LogP contribution in [0.15, 0.2) is 54.2 Å². The van der Waals surface area contributed by atoms with Gasteiger partial charge < -0.3 is 5.32 Å². The summed E-state index contributed by atoms with van der Waals surface area (Å²) in [6, 6.07) is 13.2. The van der Waals surface area contributed by atoms with Gasteiger partial charge in [0.2, 0.25) is 5.95 Å². The molecule has 0 saturated carbocycles. The second kappa shape index (κ2) is 5.96. The van der Waals surface area contributed by atoms with Gasteiger partial charge in [0.05, 0.1) is 11.9 Å². The van der Waals surface area contributed by atoms with Crippen LogP contribution in [0.1, 0.15) is 12.5 Å². The Hall–Kier alpha value is -2.16. The van der Waals surface area contributed by atoms with Crippen LogP contribution >= 0.6 is 0 Å². The standard InChI is InChI=1S/C15H15FN2/c1-12(9-13-5-3-2-4-6-13)10-17-14-7-8-15(16)18-11-14/h2-9,11,17H,10H2,1H3. The lowest BCUT2D eigenvalue weighted by atomic mass is 10.1. The average molecular weight is 242 g/mol. The lowest BCUT2D eigenvalue weighted by Crippen LogP contribution is -2.03. The summed E-state index contributed by atoms with van der Waals surface area (Å²) in [5.41, 5.74) is 3.19. The van der Waals surface area contributed by atoms with Gasteiger partial charge >= 0.3 is 0 Å². The lowest BCUT2D eigenvalue weighted by molar-refractivity contribution is 0.584. The zero-order valence-corrected chi connectivity index (χ0v) is 10.2. The van der Waals surface area contributed by atoms with Gasteiger partial charge in [-0.15, -0.1) is 0 Å². The molecule has 1 aromatic heterocycles. The van der Waals surface area contributed by atoms with Gasteiger partial charge in [0.25, 0.3) is 0 Å². The number of nitrogens with zero attached hydrogens (tertiary/aromatic N) is 1. The van der Waals surface area contributed by atoms with Crippen molar-refractivity contribution in [1.29, 1.82) is 0 Å². The van der Waals surface area contributed by atoms with E-state index < -0.39 is 5.95 Å². The van der Waals surface area contributed by atoms with E-state index in [0.29, 0.717) is 6.54 Å². The molecule has 1 N–H and O–H groups in total. The number of anilines is 1. The van der Waals surface area contributed by atoms with E-state index in [-0.39, 0.29) is 0 Å². The smallest absolute Gasteiger partial charge is 0.212 e. The van der Waals surface area contributed by atoms with Crippen LogP contribution in [-0.2, 0) is 0 Å². The molecule has 0 saturated heterocycles. The molecule has 0 spiro atoms. The van der Waals surface area contributed by atoms with Crippen LogP contribution in [0.4, 0.5) is 10.1 Å². The number of nitrogens with one attached hydrogen (secondary N) is 1. The third-order valence-electron chi connectivity index (χ3n) is 2.51. The first kappa shape index (κ1) is 12.3. The molecule has 2 aromatic rings. The van der Waals surface area contributed by atoms with Crippen LogP contribution in [-0.4, -0.2) is 11.5 Å². The molecule has 1 aromatic carbocycles. The van der Waals surface area contributed by atoms with Gasteiger partial charge in [-0.05, 0) is 24.6 Å². The number of pyridine rings is 1.